The predicted molar refractivity (Wildman–Crippen MR) is 137 cm³/mol. The van der Waals surface area contributed by atoms with Gasteiger partial charge in [-0.2, -0.15) is 5.10 Å². The van der Waals surface area contributed by atoms with Crippen LogP contribution in [0.1, 0.15) is 33.3 Å². The van der Waals surface area contributed by atoms with Crippen LogP contribution in [-0.4, -0.2) is 65.1 Å². The maximum atomic E-state index is 13.3. The second kappa shape index (κ2) is 10.2. The summed E-state index contributed by atoms with van der Waals surface area (Å²) in [5.41, 5.74) is 3.22. The van der Waals surface area contributed by atoms with Gasteiger partial charge in [-0.15, -0.1) is 22.7 Å². The zero-order valence-electron chi connectivity index (χ0n) is 19.2. The third-order valence-corrected chi connectivity index (χ3v) is 8.30. The van der Waals surface area contributed by atoms with Gasteiger partial charge in [-0.1, -0.05) is 42.0 Å². The maximum Gasteiger partial charge on any atom is 0.257 e. The van der Waals surface area contributed by atoms with Crippen molar-refractivity contribution in [3.8, 4) is 0 Å². The quantitative estimate of drug-likeness (QED) is 0.519. The summed E-state index contributed by atoms with van der Waals surface area (Å²) in [5.74, 6) is 0.168. The minimum absolute atomic E-state index is 0.0180. The highest BCUT2D eigenvalue weighted by atomic mass is 32.1. The van der Waals surface area contributed by atoms with Crippen LogP contribution in [0.25, 0.3) is 0 Å². The molecule has 8 heteroatoms. The van der Waals surface area contributed by atoms with E-state index in [0.717, 1.165) is 27.5 Å². The second-order valence-electron chi connectivity index (χ2n) is 8.82. The number of nitrogens with zero attached hydrogens (tertiary/aromatic N) is 4. The van der Waals surface area contributed by atoms with E-state index in [1.165, 1.54) is 5.56 Å². The maximum absolute atomic E-state index is 13.3. The van der Waals surface area contributed by atoms with Crippen LogP contribution < -0.4 is 0 Å². The van der Waals surface area contributed by atoms with Crippen molar-refractivity contribution < 1.29 is 9.59 Å². The molecule has 0 aliphatic carbocycles. The number of aryl methyl sites for hydroxylation is 1. The van der Waals surface area contributed by atoms with Gasteiger partial charge >= 0.3 is 0 Å². The van der Waals surface area contributed by atoms with Crippen LogP contribution in [0.3, 0.4) is 0 Å². The molecular formula is C26H28N4O2S2. The average Bonchev–Trinajstić information content (AvgIpc) is 3.62. The summed E-state index contributed by atoms with van der Waals surface area (Å²) in [7, 11) is 0. The lowest BCUT2D eigenvalue weighted by molar-refractivity contribution is -0.136. The first-order valence-corrected chi connectivity index (χ1v) is 13.4. The van der Waals surface area contributed by atoms with Gasteiger partial charge in [0, 0.05) is 37.5 Å². The topological polar surface area (TPSA) is 56.2 Å². The highest BCUT2D eigenvalue weighted by Gasteiger charge is 2.35. The molecule has 0 spiro atoms. The first-order valence-electron chi connectivity index (χ1n) is 11.6. The number of hydrogen-bond acceptors (Lipinski definition) is 6. The van der Waals surface area contributed by atoms with Crippen LogP contribution in [0.15, 0.2) is 64.4 Å². The molecule has 1 unspecified atom stereocenters. The van der Waals surface area contributed by atoms with E-state index in [2.05, 4.69) is 17.0 Å². The normalized spacial score (nSPS) is 18.9. The molecule has 1 saturated heterocycles. The van der Waals surface area contributed by atoms with Gasteiger partial charge < -0.3 is 4.90 Å². The molecule has 2 aromatic heterocycles. The van der Waals surface area contributed by atoms with E-state index in [9.17, 15) is 9.59 Å². The Bertz CT molecular complexity index is 1150. The van der Waals surface area contributed by atoms with Gasteiger partial charge in [-0.05, 0) is 35.4 Å². The molecule has 5 rings (SSSR count). The van der Waals surface area contributed by atoms with Crippen molar-refractivity contribution in [2.45, 2.75) is 25.8 Å². The van der Waals surface area contributed by atoms with E-state index in [0.29, 0.717) is 39.1 Å². The number of rotatable bonds is 6. The molecule has 2 aliphatic heterocycles. The second-order valence-corrected chi connectivity index (χ2v) is 10.7. The summed E-state index contributed by atoms with van der Waals surface area (Å²) in [4.78, 5) is 32.4. The fourth-order valence-electron chi connectivity index (χ4n) is 4.45. The Kier molecular flexibility index (Phi) is 6.89. The molecule has 0 radical (unpaired) electrons. The first kappa shape index (κ1) is 23.0. The summed E-state index contributed by atoms with van der Waals surface area (Å²) < 4.78 is 0. The van der Waals surface area contributed by atoms with Crippen LogP contribution in [0.2, 0.25) is 0 Å². The molecule has 4 heterocycles. The molecule has 0 N–H and O–H groups in total. The number of benzene rings is 1. The lowest BCUT2D eigenvalue weighted by atomic mass is 10.1. The number of hydrazone groups is 1. The minimum Gasteiger partial charge on any atom is -0.340 e. The Labute approximate surface area is 208 Å². The van der Waals surface area contributed by atoms with Crippen molar-refractivity contribution in [2.75, 3.05) is 32.7 Å². The zero-order valence-corrected chi connectivity index (χ0v) is 20.9. The number of carbonyl (C=O) groups excluding carboxylic acids is 2. The van der Waals surface area contributed by atoms with Crippen LogP contribution in [0.5, 0.6) is 0 Å². The predicted octanol–water partition coefficient (Wildman–Crippen LogP) is 4.18. The van der Waals surface area contributed by atoms with Crippen molar-refractivity contribution in [3.63, 3.8) is 0 Å². The molecule has 1 fully saturated rings. The lowest BCUT2D eigenvalue weighted by Gasteiger charge is -2.35. The largest absolute Gasteiger partial charge is 0.340 e. The highest BCUT2D eigenvalue weighted by Crippen LogP contribution is 2.36. The minimum atomic E-state index is -0.0398. The first-order chi connectivity index (χ1) is 16.6. The molecule has 176 valence electrons. The van der Waals surface area contributed by atoms with E-state index >= 15 is 0 Å². The summed E-state index contributed by atoms with van der Waals surface area (Å²) in [6, 6.07) is 16.3. The van der Waals surface area contributed by atoms with Crippen molar-refractivity contribution in [1.82, 2.24) is 14.8 Å². The van der Waals surface area contributed by atoms with Crippen LogP contribution in [0.4, 0.5) is 0 Å². The Morgan fingerprint density at radius 1 is 0.941 bits per heavy atom. The number of carbonyl (C=O) groups is 2. The van der Waals surface area contributed by atoms with Crippen molar-refractivity contribution in [1.29, 1.82) is 0 Å². The Morgan fingerprint density at radius 2 is 1.68 bits per heavy atom. The van der Waals surface area contributed by atoms with Gasteiger partial charge in [-0.25, -0.2) is 5.01 Å². The molecule has 6 nitrogen and oxygen atoms in total. The van der Waals surface area contributed by atoms with E-state index in [4.69, 9.17) is 5.10 Å². The van der Waals surface area contributed by atoms with Crippen LogP contribution in [-0.2, 0) is 16.0 Å². The van der Waals surface area contributed by atoms with Gasteiger partial charge in [-0.3, -0.25) is 14.5 Å². The van der Waals surface area contributed by atoms with Crippen molar-refractivity contribution in [2.24, 2.45) is 5.10 Å². The molecular weight excluding hydrogens is 464 g/mol. The summed E-state index contributed by atoms with van der Waals surface area (Å²) >= 11 is 3.33. The monoisotopic (exact) mass is 492 g/mol. The molecule has 1 atom stereocenters. The standard InChI is InChI=1S/C26H28N4O2S2/c1-19-6-8-20(9-7-19)16-25(31)29-12-10-28(11-13-29)18-26(32)30-22(24-5-3-15-34-24)17-21(27-30)23-4-2-14-33-23/h2-9,14-15,22H,10-13,16-18H2,1H3. The van der Waals surface area contributed by atoms with E-state index < -0.39 is 0 Å². The zero-order chi connectivity index (χ0) is 23.5. The highest BCUT2D eigenvalue weighted by molar-refractivity contribution is 7.12. The van der Waals surface area contributed by atoms with E-state index in [1.54, 1.807) is 27.7 Å². The third-order valence-electron chi connectivity index (χ3n) is 6.40. The third kappa shape index (κ3) is 5.14. The molecule has 3 aromatic rings. The Hall–Kier alpha value is -2.81. The summed E-state index contributed by atoms with van der Waals surface area (Å²) in [5, 5.41) is 10.5. The molecule has 0 saturated carbocycles. The fourth-order valence-corrected chi connectivity index (χ4v) is 5.98. The molecule has 2 aliphatic rings. The van der Waals surface area contributed by atoms with E-state index in [-0.39, 0.29) is 17.9 Å². The number of hydrogen-bond donors (Lipinski definition) is 0. The molecule has 2 amide bonds. The summed E-state index contributed by atoms with van der Waals surface area (Å²) in [6.45, 7) is 5.06. The smallest absolute Gasteiger partial charge is 0.257 e. The Morgan fingerprint density at radius 3 is 2.35 bits per heavy atom. The molecule has 0 bridgehead atoms. The fraction of sp³-hybridized carbons (Fsp3) is 0.346. The van der Waals surface area contributed by atoms with Crippen molar-refractivity contribution >= 4 is 40.2 Å². The van der Waals surface area contributed by atoms with Gasteiger partial charge in [0.05, 0.1) is 29.6 Å². The Balaban J connectivity index is 1.18. The number of piperazine rings is 1. The van der Waals surface area contributed by atoms with Gasteiger partial charge in [0.15, 0.2) is 0 Å². The van der Waals surface area contributed by atoms with Gasteiger partial charge in [0.1, 0.15) is 0 Å². The van der Waals surface area contributed by atoms with Gasteiger partial charge in [0.25, 0.3) is 5.91 Å². The van der Waals surface area contributed by atoms with Crippen LogP contribution >= 0.6 is 22.7 Å². The molecule has 1 aromatic carbocycles. The van der Waals surface area contributed by atoms with E-state index in [1.807, 2.05) is 59.0 Å². The SMILES string of the molecule is Cc1ccc(CC(=O)N2CCN(CC(=O)N3N=C(c4cccs4)CC3c3cccs3)CC2)cc1. The van der Waals surface area contributed by atoms with Gasteiger partial charge in [0.2, 0.25) is 5.91 Å². The number of thiophene rings is 2. The molecule has 34 heavy (non-hydrogen) atoms. The van der Waals surface area contributed by atoms with Crippen molar-refractivity contribution in [3.05, 3.63) is 80.2 Å². The summed E-state index contributed by atoms with van der Waals surface area (Å²) in [6.07, 6.45) is 1.17. The average molecular weight is 493 g/mol. The van der Waals surface area contributed by atoms with Crippen LogP contribution in [0, 0.1) is 6.92 Å². The number of amides is 2. The lowest BCUT2D eigenvalue weighted by Crippen LogP contribution is -2.51.